The zero-order valence-electron chi connectivity index (χ0n) is 17.2. The number of ether oxygens (including phenoxy) is 2. The summed E-state index contributed by atoms with van der Waals surface area (Å²) in [7, 11) is 0. The summed E-state index contributed by atoms with van der Waals surface area (Å²) in [6, 6.07) is 20.4. The molecule has 0 atom stereocenters. The highest BCUT2D eigenvalue weighted by Gasteiger charge is 2.19. The number of nitrogens with zero attached hydrogens (tertiary/aromatic N) is 3. The van der Waals surface area contributed by atoms with Crippen LogP contribution in [0.25, 0.3) is 22.2 Å². The van der Waals surface area contributed by atoms with Crippen molar-refractivity contribution in [1.29, 1.82) is 5.26 Å². The Morgan fingerprint density at radius 2 is 1.94 bits per heavy atom. The van der Waals surface area contributed by atoms with Gasteiger partial charge in [0.2, 0.25) is 0 Å². The van der Waals surface area contributed by atoms with Crippen LogP contribution in [0, 0.1) is 11.3 Å². The number of fused-ring (bicyclic) bond motifs is 1. The van der Waals surface area contributed by atoms with Gasteiger partial charge in [-0.25, -0.2) is 4.98 Å². The van der Waals surface area contributed by atoms with E-state index in [1.807, 2.05) is 36.4 Å². The van der Waals surface area contributed by atoms with Gasteiger partial charge in [0, 0.05) is 45.6 Å². The van der Waals surface area contributed by atoms with E-state index in [-0.39, 0.29) is 6.10 Å². The summed E-state index contributed by atoms with van der Waals surface area (Å²) >= 11 is 5.16. The zero-order valence-corrected chi connectivity index (χ0v) is 19.6. The molecule has 0 aliphatic carbocycles. The molecule has 0 saturated carbocycles. The lowest BCUT2D eigenvalue weighted by Gasteiger charge is -2.23. The van der Waals surface area contributed by atoms with Crippen LogP contribution in [0.5, 0.6) is 5.75 Å². The van der Waals surface area contributed by atoms with Gasteiger partial charge in [0.05, 0.1) is 18.8 Å². The van der Waals surface area contributed by atoms with Gasteiger partial charge < -0.3 is 9.47 Å². The molecule has 0 unspecified atom stereocenters. The first kappa shape index (κ1) is 21.1. The van der Waals surface area contributed by atoms with Crippen LogP contribution in [0.1, 0.15) is 18.4 Å². The van der Waals surface area contributed by atoms with Crippen LogP contribution in [0.2, 0.25) is 0 Å². The maximum Gasteiger partial charge on any atom is 0.150 e. The molecule has 5 nitrogen and oxygen atoms in total. The standard InChI is InChI=1S/C25H20BrN3O2S/c26-19-13-22-23(16-29(25(22)28-15-19)32-21-4-2-1-3-5-21)17-6-7-24(18(12-17)14-27)31-20-8-10-30-11-9-20/h1-7,12-13,15-16,20H,8-11H2. The van der Waals surface area contributed by atoms with E-state index in [9.17, 15) is 5.26 Å². The van der Waals surface area contributed by atoms with Crippen LogP contribution in [-0.4, -0.2) is 28.3 Å². The molecule has 0 radical (unpaired) electrons. The highest BCUT2D eigenvalue weighted by molar-refractivity contribution is 9.10. The lowest BCUT2D eigenvalue weighted by Crippen LogP contribution is -2.26. The monoisotopic (exact) mass is 505 g/mol. The predicted molar refractivity (Wildman–Crippen MR) is 130 cm³/mol. The normalized spacial score (nSPS) is 14.4. The largest absolute Gasteiger partial charge is 0.489 e. The van der Waals surface area contributed by atoms with E-state index in [4.69, 9.17) is 9.47 Å². The average Bonchev–Trinajstić information content (AvgIpc) is 3.18. The van der Waals surface area contributed by atoms with Gasteiger partial charge in [-0.05, 0) is 63.8 Å². The minimum Gasteiger partial charge on any atom is -0.489 e. The third-order valence-corrected chi connectivity index (χ3v) is 6.79. The Kier molecular flexibility index (Phi) is 6.17. The summed E-state index contributed by atoms with van der Waals surface area (Å²) in [6.45, 7) is 1.40. The first-order chi connectivity index (χ1) is 15.7. The fourth-order valence-electron chi connectivity index (χ4n) is 3.81. The number of pyridine rings is 1. The minimum atomic E-state index is 0.0889. The number of nitriles is 1. The highest BCUT2D eigenvalue weighted by Crippen LogP contribution is 2.37. The fourth-order valence-corrected chi connectivity index (χ4v) is 5.04. The first-order valence-electron chi connectivity index (χ1n) is 10.4. The number of hydrogen-bond acceptors (Lipinski definition) is 5. The van der Waals surface area contributed by atoms with Crippen molar-refractivity contribution in [3.63, 3.8) is 0 Å². The van der Waals surface area contributed by atoms with Crippen molar-refractivity contribution in [3.8, 4) is 22.9 Å². The van der Waals surface area contributed by atoms with Crippen molar-refractivity contribution < 1.29 is 9.47 Å². The number of aromatic nitrogens is 2. The van der Waals surface area contributed by atoms with Crippen molar-refractivity contribution >= 4 is 38.9 Å². The molecule has 1 saturated heterocycles. The molecule has 0 bridgehead atoms. The summed E-state index contributed by atoms with van der Waals surface area (Å²) in [5.41, 5.74) is 3.39. The lowest BCUT2D eigenvalue weighted by atomic mass is 10.0. The van der Waals surface area contributed by atoms with Gasteiger partial charge in [-0.15, -0.1) is 0 Å². The summed E-state index contributed by atoms with van der Waals surface area (Å²) < 4.78 is 14.5. The zero-order chi connectivity index (χ0) is 21.9. The molecule has 1 aliphatic rings. The van der Waals surface area contributed by atoms with Gasteiger partial charge in [0.25, 0.3) is 0 Å². The van der Waals surface area contributed by atoms with E-state index >= 15 is 0 Å². The Morgan fingerprint density at radius 3 is 2.72 bits per heavy atom. The van der Waals surface area contributed by atoms with Crippen LogP contribution in [0.3, 0.4) is 0 Å². The van der Waals surface area contributed by atoms with E-state index in [2.05, 4.69) is 55.4 Å². The molecule has 0 spiro atoms. The van der Waals surface area contributed by atoms with Crippen molar-refractivity contribution in [3.05, 3.63) is 77.0 Å². The molecule has 4 aromatic rings. The average molecular weight is 506 g/mol. The SMILES string of the molecule is N#Cc1cc(-c2cn(Sc3ccccc3)c3ncc(Br)cc23)ccc1OC1CCOCC1. The van der Waals surface area contributed by atoms with Crippen molar-refractivity contribution in [1.82, 2.24) is 8.96 Å². The molecule has 7 heteroatoms. The van der Waals surface area contributed by atoms with E-state index in [0.29, 0.717) is 24.5 Å². The van der Waals surface area contributed by atoms with Crippen LogP contribution < -0.4 is 4.74 Å². The summed E-state index contributed by atoms with van der Waals surface area (Å²) in [5, 5.41) is 10.8. The van der Waals surface area contributed by atoms with Gasteiger partial charge in [-0.2, -0.15) is 5.26 Å². The van der Waals surface area contributed by atoms with Crippen molar-refractivity contribution in [2.45, 2.75) is 23.8 Å². The second-order valence-electron chi connectivity index (χ2n) is 7.55. The second kappa shape index (κ2) is 9.37. The maximum atomic E-state index is 9.79. The quantitative estimate of drug-likeness (QED) is 0.311. The molecule has 1 aliphatic heterocycles. The molecular weight excluding hydrogens is 486 g/mol. The van der Waals surface area contributed by atoms with Gasteiger partial charge in [-0.1, -0.05) is 24.3 Å². The van der Waals surface area contributed by atoms with Crippen LogP contribution in [0.15, 0.2) is 76.4 Å². The van der Waals surface area contributed by atoms with Crippen molar-refractivity contribution in [2.75, 3.05) is 13.2 Å². The molecule has 2 aromatic carbocycles. The minimum absolute atomic E-state index is 0.0889. The summed E-state index contributed by atoms with van der Waals surface area (Å²) in [4.78, 5) is 5.78. The van der Waals surface area contributed by atoms with E-state index in [1.54, 1.807) is 18.1 Å². The molecule has 0 amide bonds. The predicted octanol–water partition coefficient (Wildman–Crippen LogP) is 6.45. The van der Waals surface area contributed by atoms with E-state index in [1.165, 1.54) is 0 Å². The second-order valence-corrected chi connectivity index (χ2v) is 9.51. The Hall–Kier alpha value is -2.79. The number of benzene rings is 2. The van der Waals surface area contributed by atoms with E-state index < -0.39 is 0 Å². The van der Waals surface area contributed by atoms with Gasteiger partial charge in [0.1, 0.15) is 17.9 Å². The Labute approximate surface area is 199 Å². The van der Waals surface area contributed by atoms with E-state index in [0.717, 1.165) is 44.4 Å². The molecule has 0 N–H and O–H groups in total. The van der Waals surface area contributed by atoms with Crippen molar-refractivity contribution in [2.24, 2.45) is 0 Å². The van der Waals surface area contributed by atoms with Crippen LogP contribution >= 0.6 is 27.9 Å². The Balaban J connectivity index is 1.53. The van der Waals surface area contributed by atoms with Crippen LogP contribution in [0.4, 0.5) is 0 Å². The molecule has 1 fully saturated rings. The fraction of sp³-hybridized carbons (Fsp3) is 0.200. The number of halogens is 1. The molecule has 5 rings (SSSR count). The Bertz CT molecular complexity index is 1290. The summed E-state index contributed by atoms with van der Waals surface area (Å²) in [6.07, 6.45) is 5.66. The highest BCUT2D eigenvalue weighted by atomic mass is 79.9. The molecule has 160 valence electrons. The Morgan fingerprint density at radius 1 is 1.12 bits per heavy atom. The first-order valence-corrected chi connectivity index (χ1v) is 12.0. The smallest absolute Gasteiger partial charge is 0.150 e. The number of rotatable bonds is 5. The number of hydrogen-bond donors (Lipinski definition) is 0. The van der Waals surface area contributed by atoms with Gasteiger partial charge in [0.15, 0.2) is 5.65 Å². The molecule has 2 aromatic heterocycles. The molecule has 32 heavy (non-hydrogen) atoms. The third-order valence-electron chi connectivity index (χ3n) is 5.40. The topological polar surface area (TPSA) is 60.1 Å². The summed E-state index contributed by atoms with van der Waals surface area (Å²) in [5.74, 6) is 0.629. The third kappa shape index (κ3) is 4.40. The lowest BCUT2D eigenvalue weighted by molar-refractivity contribution is 0.0254. The maximum absolute atomic E-state index is 9.79. The van der Waals surface area contributed by atoms with Gasteiger partial charge >= 0.3 is 0 Å². The molecular formula is C25H20BrN3O2S. The van der Waals surface area contributed by atoms with Gasteiger partial charge in [-0.3, -0.25) is 3.97 Å². The molecule has 3 heterocycles. The van der Waals surface area contributed by atoms with Crippen LogP contribution in [-0.2, 0) is 4.74 Å².